The van der Waals surface area contributed by atoms with Crippen LogP contribution in [0.1, 0.15) is 63.6 Å². The van der Waals surface area contributed by atoms with Gasteiger partial charge in [-0.3, -0.25) is 10.1 Å². The molecule has 0 fully saturated rings. The van der Waals surface area contributed by atoms with E-state index in [1.165, 1.54) is 26.4 Å². The summed E-state index contributed by atoms with van der Waals surface area (Å²) in [5.74, 6) is 0. The second-order valence-corrected chi connectivity index (χ2v) is 11.8. The second-order valence-electron chi connectivity index (χ2n) is 11.8. The van der Waals surface area contributed by atoms with E-state index in [1.807, 2.05) is 32.6 Å². The number of nitro groups is 1. The van der Waals surface area contributed by atoms with Gasteiger partial charge in [-0.25, -0.2) is 0 Å². The smallest absolute Gasteiger partial charge is 0.383 e. The number of methoxy groups -OCH3 is 2. The van der Waals surface area contributed by atoms with Crippen molar-refractivity contribution < 1.29 is 40.7 Å². The summed E-state index contributed by atoms with van der Waals surface area (Å²) >= 11 is 0. The zero-order valence-corrected chi connectivity index (χ0v) is 30.2. The van der Waals surface area contributed by atoms with Crippen molar-refractivity contribution in [2.24, 2.45) is 5.73 Å². The Kier molecular flexibility index (Phi) is 21.3. The van der Waals surface area contributed by atoms with Gasteiger partial charge in [0.2, 0.25) is 0 Å². The summed E-state index contributed by atoms with van der Waals surface area (Å²) in [4.78, 5) is 15.4. The molecule has 0 heterocycles. The molecule has 2 aromatic rings. The van der Waals surface area contributed by atoms with Crippen molar-refractivity contribution in [3.05, 3.63) is 63.2 Å². The van der Waals surface area contributed by atoms with Gasteiger partial charge >= 0.3 is 12.4 Å². The van der Waals surface area contributed by atoms with E-state index in [9.17, 15) is 36.5 Å². The number of nitro benzene ring substituents is 1. The third-order valence-electron chi connectivity index (χ3n) is 7.36. The van der Waals surface area contributed by atoms with E-state index < -0.39 is 34.1 Å². The number of alkyl halides is 6. The molecule has 2 N–H and O–H groups in total. The molecule has 0 saturated carbocycles. The van der Waals surface area contributed by atoms with Crippen molar-refractivity contribution in [3.8, 4) is 6.07 Å². The Bertz CT molecular complexity index is 1300. The quantitative estimate of drug-likeness (QED) is 0.106. The highest BCUT2D eigenvalue weighted by atomic mass is 19.4. The van der Waals surface area contributed by atoms with Crippen LogP contribution in [-0.4, -0.2) is 89.6 Å². The first-order valence-electron chi connectivity index (χ1n) is 16.1. The predicted molar refractivity (Wildman–Crippen MR) is 184 cm³/mol. The highest BCUT2D eigenvalue weighted by molar-refractivity contribution is 5.57. The van der Waals surface area contributed by atoms with Crippen molar-refractivity contribution in [1.82, 2.24) is 4.90 Å². The summed E-state index contributed by atoms with van der Waals surface area (Å²) in [6, 6.07) is 8.97. The van der Waals surface area contributed by atoms with Crippen LogP contribution in [-0.2, 0) is 21.8 Å². The Morgan fingerprint density at radius 3 is 1.78 bits per heavy atom. The summed E-state index contributed by atoms with van der Waals surface area (Å²) in [6.45, 7) is 11.1. The standard InChI is InChI=1S/C15H19F3N2.C13H17F3N2O4.C6H16N2/c1-4-8-20(11(3)5-2)13-7-6-12(10-19)14(9-13)15(16,17)18;1-21-7-5-17(6-8-22-2)10-3-4-12(18(19)20)11(9-10)13(14,15)16;1-6(7)4-5-8(2)3/h6-7,9,11H,4-5,8H2,1-3H3;3-4,9H,5-8H2,1-2H3;6H,4-5,7H2,1-3H3. The Balaban J connectivity index is 0.000000793. The Morgan fingerprint density at radius 1 is 0.880 bits per heavy atom. The van der Waals surface area contributed by atoms with Gasteiger partial charge in [0, 0.05) is 63.4 Å². The summed E-state index contributed by atoms with van der Waals surface area (Å²) in [7, 11) is 7.07. The van der Waals surface area contributed by atoms with Crippen molar-refractivity contribution >= 4 is 17.1 Å². The fourth-order valence-electron chi connectivity index (χ4n) is 4.45. The van der Waals surface area contributed by atoms with Gasteiger partial charge in [-0.2, -0.15) is 31.6 Å². The first kappa shape index (κ1) is 46.4. The van der Waals surface area contributed by atoms with E-state index in [1.54, 1.807) is 17.0 Å². The van der Waals surface area contributed by atoms with Crippen LogP contribution in [0.3, 0.4) is 0 Å². The molecule has 2 atom stereocenters. The number of hydrogen-bond acceptors (Lipinski definition) is 9. The Hall–Kier alpha value is -3.65. The number of ether oxygens (including phenoxy) is 2. The van der Waals surface area contributed by atoms with E-state index in [2.05, 4.69) is 19.0 Å². The number of rotatable bonds is 16. The lowest BCUT2D eigenvalue weighted by molar-refractivity contribution is -0.388. The molecule has 2 rings (SSSR count). The van der Waals surface area contributed by atoms with Gasteiger partial charge in [0.15, 0.2) is 0 Å². The molecule has 0 bridgehead atoms. The molecule has 0 aliphatic heterocycles. The van der Waals surface area contributed by atoms with Gasteiger partial charge in [-0.1, -0.05) is 13.8 Å². The summed E-state index contributed by atoms with van der Waals surface area (Å²) in [5.41, 5.74) is 2.84. The number of nitriles is 1. The van der Waals surface area contributed by atoms with Crippen molar-refractivity contribution in [1.29, 1.82) is 5.26 Å². The normalized spacial score (nSPS) is 12.5. The lowest BCUT2D eigenvalue weighted by Gasteiger charge is -2.31. The van der Waals surface area contributed by atoms with Gasteiger partial charge in [0.05, 0.1) is 35.3 Å². The number of halogens is 6. The van der Waals surface area contributed by atoms with Gasteiger partial charge in [0.25, 0.3) is 5.69 Å². The van der Waals surface area contributed by atoms with Crippen LogP contribution in [0.15, 0.2) is 36.4 Å². The number of nitrogens with zero attached hydrogens (tertiary/aromatic N) is 5. The average Bonchev–Trinajstić information content (AvgIpc) is 3.05. The second kappa shape index (κ2) is 22.9. The molecule has 0 aromatic heterocycles. The minimum atomic E-state index is -4.80. The zero-order valence-electron chi connectivity index (χ0n) is 30.2. The van der Waals surface area contributed by atoms with Crippen LogP contribution >= 0.6 is 0 Å². The van der Waals surface area contributed by atoms with E-state index in [-0.39, 0.29) is 17.3 Å². The van der Waals surface area contributed by atoms with Crippen molar-refractivity contribution in [2.75, 3.05) is 77.5 Å². The third-order valence-corrected chi connectivity index (χ3v) is 7.36. The van der Waals surface area contributed by atoms with Crippen molar-refractivity contribution in [3.63, 3.8) is 0 Å². The van der Waals surface area contributed by atoms with Gasteiger partial charge in [-0.05, 0) is 84.1 Å². The molecule has 2 aromatic carbocycles. The summed E-state index contributed by atoms with van der Waals surface area (Å²) < 4.78 is 87.7. The SMILES string of the molecule is CC(N)CCN(C)C.CCCN(c1ccc(C#N)c(C(F)(F)F)c1)C(C)CC.COCCN(CCOC)c1ccc([N+](=O)[O-])c(C(F)(F)F)c1. The molecule has 16 heteroatoms. The molecular weight excluding hydrogens is 670 g/mol. The number of nitrogens with two attached hydrogens (primary N) is 1. The summed E-state index contributed by atoms with van der Waals surface area (Å²) in [6.07, 6.45) is -6.51. The van der Waals surface area contributed by atoms with Crippen LogP contribution < -0.4 is 15.5 Å². The monoisotopic (exact) mass is 722 g/mol. The Morgan fingerprint density at radius 2 is 1.40 bits per heavy atom. The van der Waals surface area contributed by atoms with Gasteiger partial charge in [0.1, 0.15) is 5.56 Å². The molecular formula is C34H52F6N6O4. The first-order valence-corrected chi connectivity index (χ1v) is 16.1. The lowest BCUT2D eigenvalue weighted by atomic mass is 10.1. The fraction of sp³-hybridized carbons (Fsp3) is 0.618. The van der Waals surface area contributed by atoms with E-state index >= 15 is 0 Å². The number of anilines is 2. The molecule has 10 nitrogen and oxygen atoms in total. The van der Waals surface area contributed by atoms with E-state index in [0.29, 0.717) is 44.6 Å². The molecule has 284 valence electrons. The molecule has 0 radical (unpaired) electrons. The molecule has 2 unspecified atom stereocenters. The first-order chi connectivity index (χ1) is 23.3. The number of hydrogen-bond donors (Lipinski definition) is 1. The molecule has 0 aliphatic carbocycles. The average molecular weight is 723 g/mol. The fourth-order valence-corrected chi connectivity index (χ4v) is 4.45. The largest absolute Gasteiger partial charge is 0.423 e. The number of benzene rings is 2. The Labute approximate surface area is 291 Å². The van der Waals surface area contributed by atoms with Crippen LogP contribution in [0.25, 0.3) is 0 Å². The zero-order chi connectivity index (χ0) is 38.7. The maximum atomic E-state index is 13.0. The van der Waals surface area contributed by atoms with Crippen molar-refractivity contribution in [2.45, 2.75) is 71.4 Å². The van der Waals surface area contributed by atoms with Crippen LogP contribution in [0.2, 0.25) is 0 Å². The van der Waals surface area contributed by atoms with Crippen LogP contribution in [0.4, 0.5) is 43.4 Å². The lowest BCUT2D eigenvalue weighted by Crippen LogP contribution is -2.33. The highest BCUT2D eigenvalue weighted by Crippen LogP contribution is 2.38. The van der Waals surface area contributed by atoms with Gasteiger partial charge in [-0.15, -0.1) is 0 Å². The molecule has 0 spiro atoms. The maximum Gasteiger partial charge on any atom is 0.423 e. The molecule has 50 heavy (non-hydrogen) atoms. The van der Waals surface area contributed by atoms with E-state index in [4.69, 9.17) is 20.5 Å². The topological polar surface area (TPSA) is 121 Å². The maximum absolute atomic E-state index is 13.0. The minimum absolute atomic E-state index is 0.156. The minimum Gasteiger partial charge on any atom is -0.383 e. The van der Waals surface area contributed by atoms with Crippen LogP contribution in [0.5, 0.6) is 0 Å². The third kappa shape index (κ3) is 16.8. The molecule has 0 saturated heterocycles. The molecule has 0 aliphatic rings. The molecule has 0 amide bonds. The van der Waals surface area contributed by atoms with Crippen LogP contribution in [0, 0.1) is 21.4 Å². The predicted octanol–water partition coefficient (Wildman–Crippen LogP) is 7.59. The summed E-state index contributed by atoms with van der Waals surface area (Å²) in [5, 5.41) is 19.6. The van der Waals surface area contributed by atoms with E-state index in [0.717, 1.165) is 44.0 Å². The highest BCUT2D eigenvalue weighted by Gasteiger charge is 2.39. The van der Waals surface area contributed by atoms with Gasteiger partial charge < -0.3 is 29.9 Å².